The maximum atomic E-state index is 11.6. The predicted molar refractivity (Wildman–Crippen MR) is 157 cm³/mol. The van der Waals surface area contributed by atoms with Gasteiger partial charge in [0.25, 0.3) is 0 Å². The molecule has 0 fully saturated rings. The molecule has 11 nitrogen and oxygen atoms in total. The van der Waals surface area contributed by atoms with Crippen LogP contribution < -0.4 is 4.74 Å². The molecule has 1 aromatic rings. The van der Waals surface area contributed by atoms with E-state index in [2.05, 4.69) is 6.92 Å². The summed E-state index contributed by atoms with van der Waals surface area (Å²) in [6, 6.07) is 6.93. The standard InChI is InChI=1S/C31H52O11/c1-2-3-4-5-6-7-31(33)42-27-25-40-23-21-38-19-17-36-15-13-34-12-14-35-16-18-37-20-22-39-24-26-41-30-10-8-29(28-32)9-11-30/h8-11,28H,2-7,12-27H2,1H3. The molecule has 0 saturated carbocycles. The molecule has 0 saturated heterocycles. The van der Waals surface area contributed by atoms with Gasteiger partial charge in [-0.3, -0.25) is 9.59 Å². The summed E-state index contributed by atoms with van der Waals surface area (Å²) in [6.07, 6.45) is 6.86. The lowest BCUT2D eigenvalue weighted by Crippen LogP contribution is -2.15. The summed E-state index contributed by atoms with van der Waals surface area (Å²) in [5, 5.41) is 0. The number of unbranched alkanes of at least 4 members (excludes halogenated alkanes) is 4. The highest BCUT2D eigenvalue weighted by molar-refractivity contribution is 5.74. The topological polar surface area (TPSA) is 117 Å². The lowest BCUT2D eigenvalue weighted by Gasteiger charge is -2.09. The summed E-state index contributed by atoms with van der Waals surface area (Å²) in [4.78, 5) is 22.2. The minimum atomic E-state index is -0.149. The lowest BCUT2D eigenvalue weighted by molar-refractivity contribution is -0.145. The van der Waals surface area contributed by atoms with Gasteiger partial charge in [0.05, 0.1) is 92.5 Å². The molecule has 11 heteroatoms. The van der Waals surface area contributed by atoms with Crippen LogP contribution in [0.25, 0.3) is 0 Å². The van der Waals surface area contributed by atoms with E-state index in [0.29, 0.717) is 117 Å². The number of rotatable bonds is 32. The normalized spacial score (nSPS) is 11.1. The number of carbonyl (C=O) groups excluding carboxylic acids is 2. The number of carbonyl (C=O) groups is 2. The maximum absolute atomic E-state index is 11.6. The van der Waals surface area contributed by atoms with Crippen molar-refractivity contribution in [3.05, 3.63) is 29.8 Å². The molecule has 0 unspecified atom stereocenters. The molecule has 0 aliphatic rings. The fraction of sp³-hybridized carbons (Fsp3) is 0.742. The van der Waals surface area contributed by atoms with E-state index in [4.69, 9.17) is 42.6 Å². The highest BCUT2D eigenvalue weighted by Crippen LogP contribution is 2.10. The molecule has 0 heterocycles. The van der Waals surface area contributed by atoms with Gasteiger partial charge in [0, 0.05) is 12.0 Å². The maximum Gasteiger partial charge on any atom is 0.305 e. The van der Waals surface area contributed by atoms with E-state index >= 15 is 0 Å². The van der Waals surface area contributed by atoms with Crippen molar-refractivity contribution in [3.63, 3.8) is 0 Å². The summed E-state index contributed by atoms with van der Waals surface area (Å²) < 4.78 is 48.8. The Hall–Kier alpha value is -2.12. The Balaban J connectivity index is 1.68. The molecule has 0 atom stereocenters. The molecule has 0 aliphatic heterocycles. The van der Waals surface area contributed by atoms with Crippen LogP contribution in [0.5, 0.6) is 5.75 Å². The number of hydrogen-bond donors (Lipinski definition) is 0. The van der Waals surface area contributed by atoms with Crippen molar-refractivity contribution in [2.75, 3.05) is 106 Å². The van der Waals surface area contributed by atoms with E-state index in [1.807, 2.05) is 0 Å². The van der Waals surface area contributed by atoms with Crippen LogP contribution in [0.1, 0.15) is 55.8 Å². The third-order valence-corrected chi connectivity index (χ3v) is 5.72. The first-order valence-electron chi connectivity index (χ1n) is 15.1. The zero-order chi connectivity index (χ0) is 30.2. The highest BCUT2D eigenvalue weighted by atomic mass is 16.6. The fourth-order valence-corrected chi connectivity index (χ4v) is 3.44. The van der Waals surface area contributed by atoms with Crippen LogP contribution in [-0.2, 0) is 42.7 Å². The molecular formula is C31H52O11. The van der Waals surface area contributed by atoms with Crippen molar-refractivity contribution in [2.24, 2.45) is 0 Å². The summed E-state index contributed by atoms with van der Waals surface area (Å²) in [5.41, 5.74) is 0.617. The summed E-state index contributed by atoms with van der Waals surface area (Å²) in [6.45, 7) is 9.52. The molecule has 0 N–H and O–H groups in total. The van der Waals surface area contributed by atoms with E-state index in [0.717, 1.165) is 19.1 Å². The number of benzene rings is 1. The Kier molecular flexibility index (Phi) is 27.4. The van der Waals surface area contributed by atoms with Crippen LogP contribution in [0.15, 0.2) is 24.3 Å². The minimum absolute atomic E-state index is 0.149. The monoisotopic (exact) mass is 600 g/mol. The average Bonchev–Trinajstić information content (AvgIpc) is 3.01. The Morgan fingerprint density at radius 2 is 0.952 bits per heavy atom. The van der Waals surface area contributed by atoms with Crippen molar-refractivity contribution in [1.82, 2.24) is 0 Å². The summed E-state index contributed by atoms with van der Waals surface area (Å²) >= 11 is 0. The third-order valence-electron chi connectivity index (χ3n) is 5.72. The largest absolute Gasteiger partial charge is 0.491 e. The van der Waals surface area contributed by atoms with Crippen LogP contribution in [-0.4, -0.2) is 118 Å². The quantitative estimate of drug-likeness (QED) is 0.0681. The highest BCUT2D eigenvalue weighted by Gasteiger charge is 2.02. The SMILES string of the molecule is CCCCCCCC(=O)OCCOCCOCCOCCOCCOCCOCCOCCOc1ccc(C=O)cc1. The zero-order valence-electron chi connectivity index (χ0n) is 25.4. The first-order chi connectivity index (χ1) is 20.8. The lowest BCUT2D eigenvalue weighted by atomic mass is 10.1. The zero-order valence-corrected chi connectivity index (χ0v) is 25.4. The first-order valence-corrected chi connectivity index (χ1v) is 15.1. The number of hydrogen-bond acceptors (Lipinski definition) is 11. The van der Waals surface area contributed by atoms with Crippen LogP contribution >= 0.6 is 0 Å². The van der Waals surface area contributed by atoms with Gasteiger partial charge in [0.2, 0.25) is 0 Å². The van der Waals surface area contributed by atoms with Gasteiger partial charge in [-0.2, -0.15) is 0 Å². The molecule has 1 rings (SSSR count). The fourth-order valence-electron chi connectivity index (χ4n) is 3.44. The molecule has 0 aliphatic carbocycles. The Morgan fingerprint density at radius 3 is 1.38 bits per heavy atom. The molecule has 0 spiro atoms. The second kappa shape index (κ2) is 30.3. The van der Waals surface area contributed by atoms with Gasteiger partial charge >= 0.3 is 5.97 Å². The first kappa shape index (κ1) is 37.9. The number of esters is 1. The molecule has 0 radical (unpaired) electrons. The second-order valence-electron chi connectivity index (χ2n) is 9.21. The van der Waals surface area contributed by atoms with Gasteiger partial charge < -0.3 is 42.6 Å². The molecule has 42 heavy (non-hydrogen) atoms. The summed E-state index contributed by atoms with van der Waals surface area (Å²) in [5.74, 6) is 0.554. The Labute approximate surface area is 251 Å². The second-order valence-corrected chi connectivity index (χ2v) is 9.21. The van der Waals surface area contributed by atoms with E-state index in [1.54, 1.807) is 24.3 Å². The van der Waals surface area contributed by atoms with Crippen LogP contribution in [0.4, 0.5) is 0 Å². The average molecular weight is 601 g/mol. The van der Waals surface area contributed by atoms with Crippen molar-refractivity contribution >= 4 is 12.3 Å². The van der Waals surface area contributed by atoms with Crippen molar-refractivity contribution in [2.45, 2.75) is 45.4 Å². The van der Waals surface area contributed by atoms with Crippen LogP contribution in [0, 0.1) is 0 Å². The molecule has 0 aromatic heterocycles. The van der Waals surface area contributed by atoms with Gasteiger partial charge in [-0.15, -0.1) is 0 Å². The van der Waals surface area contributed by atoms with Gasteiger partial charge in [-0.1, -0.05) is 32.6 Å². The van der Waals surface area contributed by atoms with Gasteiger partial charge in [0.15, 0.2) is 0 Å². The molecule has 1 aromatic carbocycles. The Bertz CT molecular complexity index is 730. The minimum Gasteiger partial charge on any atom is -0.491 e. The summed E-state index contributed by atoms with van der Waals surface area (Å²) in [7, 11) is 0. The smallest absolute Gasteiger partial charge is 0.305 e. The third kappa shape index (κ3) is 25.6. The van der Waals surface area contributed by atoms with E-state index in [-0.39, 0.29) is 12.6 Å². The van der Waals surface area contributed by atoms with Gasteiger partial charge in [-0.25, -0.2) is 0 Å². The molecule has 0 bridgehead atoms. The molecule has 0 amide bonds. The van der Waals surface area contributed by atoms with Crippen molar-refractivity contribution in [3.8, 4) is 5.75 Å². The predicted octanol–water partition coefficient (Wildman–Crippen LogP) is 3.90. The van der Waals surface area contributed by atoms with Crippen molar-refractivity contribution < 1.29 is 52.2 Å². The van der Waals surface area contributed by atoms with Gasteiger partial charge in [-0.05, 0) is 30.7 Å². The van der Waals surface area contributed by atoms with E-state index in [1.165, 1.54) is 19.3 Å². The number of ether oxygens (including phenoxy) is 9. The molecular weight excluding hydrogens is 548 g/mol. The molecule has 242 valence electrons. The van der Waals surface area contributed by atoms with Crippen LogP contribution in [0.3, 0.4) is 0 Å². The Morgan fingerprint density at radius 1 is 0.548 bits per heavy atom. The van der Waals surface area contributed by atoms with Crippen molar-refractivity contribution in [1.29, 1.82) is 0 Å². The van der Waals surface area contributed by atoms with E-state index in [9.17, 15) is 9.59 Å². The number of aldehydes is 1. The van der Waals surface area contributed by atoms with Gasteiger partial charge in [0.1, 0.15) is 25.2 Å². The van der Waals surface area contributed by atoms with Crippen LogP contribution in [0.2, 0.25) is 0 Å². The van der Waals surface area contributed by atoms with E-state index < -0.39 is 0 Å².